The largest absolute Gasteiger partial charge is 0.472 e. The van der Waals surface area contributed by atoms with Crippen molar-refractivity contribution in [2.75, 3.05) is 26.4 Å². The fraction of sp³-hybridized carbons (Fsp3) is 0.636. The summed E-state index contributed by atoms with van der Waals surface area (Å²) in [5, 5.41) is 12.5. The highest BCUT2D eigenvalue weighted by Gasteiger charge is 2.23. The van der Waals surface area contributed by atoms with Crippen LogP contribution < -0.4 is 5.32 Å². The maximum absolute atomic E-state index is 11.9. The van der Waals surface area contributed by atoms with E-state index in [9.17, 15) is 24.2 Å². The van der Waals surface area contributed by atoms with E-state index in [1.165, 1.54) is 0 Å². The molecule has 0 bridgehead atoms. The Morgan fingerprint density at radius 2 is 1.33 bits per heavy atom. The third kappa shape index (κ3) is 31.0. The molecular formula is C33H56NO8P. The third-order valence-electron chi connectivity index (χ3n) is 5.96. The zero-order chi connectivity index (χ0) is 31.9. The SMILES string of the molecule is CC/C=C\C/C=C\C/C=C\C/C=C\C/C=C\CCCC(=O)OCC(O)COP(=O)(O)OCCNC(=O)CCCCCCC. The van der Waals surface area contributed by atoms with E-state index in [1.807, 2.05) is 6.08 Å². The van der Waals surface area contributed by atoms with Crippen LogP contribution in [0.2, 0.25) is 0 Å². The van der Waals surface area contributed by atoms with Gasteiger partial charge in [0.1, 0.15) is 12.7 Å². The highest BCUT2D eigenvalue weighted by atomic mass is 31.2. The van der Waals surface area contributed by atoms with Gasteiger partial charge in [0.2, 0.25) is 5.91 Å². The quantitative estimate of drug-likeness (QED) is 0.0354. The van der Waals surface area contributed by atoms with E-state index in [2.05, 4.69) is 73.8 Å². The predicted molar refractivity (Wildman–Crippen MR) is 173 cm³/mol. The highest BCUT2D eigenvalue weighted by molar-refractivity contribution is 7.47. The Kier molecular flexibility index (Phi) is 28.2. The molecule has 0 aromatic carbocycles. The number of allylic oxidation sites excluding steroid dienone is 10. The Balaban J connectivity index is 3.79. The van der Waals surface area contributed by atoms with Crippen LogP contribution in [-0.4, -0.2) is 54.3 Å². The number of ether oxygens (including phenoxy) is 1. The molecule has 3 N–H and O–H groups in total. The fourth-order valence-electron chi connectivity index (χ4n) is 3.59. The van der Waals surface area contributed by atoms with Gasteiger partial charge in [-0.25, -0.2) is 4.57 Å². The van der Waals surface area contributed by atoms with Crippen LogP contribution in [-0.2, 0) is 27.9 Å². The van der Waals surface area contributed by atoms with Crippen molar-refractivity contribution in [1.82, 2.24) is 5.32 Å². The molecule has 10 heteroatoms. The van der Waals surface area contributed by atoms with Crippen molar-refractivity contribution in [3.8, 4) is 0 Å². The lowest BCUT2D eigenvalue weighted by atomic mass is 10.1. The molecule has 0 aromatic heterocycles. The predicted octanol–water partition coefficient (Wildman–Crippen LogP) is 7.42. The lowest BCUT2D eigenvalue weighted by molar-refractivity contribution is -0.147. The van der Waals surface area contributed by atoms with Crippen molar-refractivity contribution in [2.24, 2.45) is 0 Å². The van der Waals surface area contributed by atoms with E-state index < -0.39 is 26.5 Å². The van der Waals surface area contributed by atoms with Crippen LogP contribution >= 0.6 is 7.82 Å². The maximum Gasteiger partial charge on any atom is 0.472 e. The number of aliphatic hydroxyl groups excluding tert-OH is 1. The average molecular weight is 626 g/mol. The first kappa shape index (κ1) is 40.7. The van der Waals surface area contributed by atoms with Crippen molar-refractivity contribution < 1.29 is 37.9 Å². The molecule has 0 spiro atoms. The standard InChI is InChI=1S/C33H56NO8P/c1-3-5-7-9-10-11-12-13-14-15-16-17-18-19-20-22-24-26-33(37)40-29-31(35)30-42-43(38,39)41-28-27-34-32(36)25-23-21-8-6-4-2/h5,7,10-11,13-14,16-17,19-20,31,35H,3-4,6,8-9,12,15,18,21-30H2,1-2H3,(H,34,36)(H,38,39)/b7-5-,11-10-,14-13-,17-16-,20-19-. The number of unbranched alkanes of at least 4 members (excludes halogenated alkanes) is 5. The van der Waals surface area contributed by atoms with Crippen LogP contribution in [0.3, 0.4) is 0 Å². The van der Waals surface area contributed by atoms with Crippen LogP contribution in [0, 0.1) is 0 Å². The normalized spacial score (nSPS) is 14.4. The number of carbonyl (C=O) groups excluding carboxylic acids is 2. The summed E-state index contributed by atoms with van der Waals surface area (Å²) in [6.45, 7) is 3.23. The van der Waals surface area contributed by atoms with E-state index in [4.69, 9.17) is 13.8 Å². The van der Waals surface area contributed by atoms with Crippen molar-refractivity contribution in [3.63, 3.8) is 0 Å². The van der Waals surface area contributed by atoms with Crippen LogP contribution in [0.25, 0.3) is 0 Å². The summed E-state index contributed by atoms with van der Waals surface area (Å²) < 4.78 is 26.5. The first-order chi connectivity index (χ1) is 20.8. The zero-order valence-electron chi connectivity index (χ0n) is 26.4. The van der Waals surface area contributed by atoms with Crippen LogP contribution in [0.4, 0.5) is 0 Å². The minimum atomic E-state index is -4.41. The second-order valence-corrected chi connectivity index (χ2v) is 11.5. The summed E-state index contributed by atoms with van der Waals surface area (Å²) in [5.41, 5.74) is 0. The Hall–Kier alpha value is -2.29. The monoisotopic (exact) mass is 625 g/mol. The number of nitrogens with one attached hydrogen (secondary N) is 1. The maximum atomic E-state index is 11.9. The van der Waals surface area contributed by atoms with Gasteiger partial charge in [-0.05, 0) is 51.4 Å². The molecule has 0 saturated heterocycles. The Labute approximate surface area is 259 Å². The molecular weight excluding hydrogens is 569 g/mol. The number of aliphatic hydroxyl groups is 1. The summed E-state index contributed by atoms with van der Waals surface area (Å²) in [5.74, 6) is -0.597. The lowest BCUT2D eigenvalue weighted by Crippen LogP contribution is -2.27. The highest BCUT2D eigenvalue weighted by Crippen LogP contribution is 2.42. The summed E-state index contributed by atoms with van der Waals surface area (Å²) in [7, 11) is -4.41. The molecule has 0 heterocycles. The number of amides is 1. The van der Waals surface area contributed by atoms with E-state index in [1.54, 1.807) is 0 Å². The number of rotatable bonds is 28. The average Bonchev–Trinajstić information content (AvgIpc) is 2.98. The summed E-state index contributed by atoms with van der Waals surface area (Å²) in [6.07, 6.45) is 32.0. The van der Waals surface area contributed by atoms with E-state index >= 15 is 0 Å². The zero-order valence-corrected chi connectivity index (χ0v) is 27.3. The molecule has 0 aromatic rings. The molecule has 246 valence electrons. The summed E-state index contributed by atoms with van der Waals surface area (Å²) >= 11 is 0. The van der Waals surface area contributed by atoms with Crippen molar-refractivity contribution >= 4 is 19.7 Å². The molecule has 9 nitrogen and oxygen atoms in total. The number of carbonyl (C=O) groups is 2. The van der Waals surface area contributed by atoms with Crippen LogP contribution in [0.1, 0.15) is 104 Å². The minimum Gasteiger partial charge on any atom is -0.463 e. The van der Waals surface area contributed by atoms with E-state index in [0.29, 0.717) is 12.8 Å². The number of hydrogen-bond acceptors (Lipinski definition) is 7. The molecule has 2 unspecified atom stereocenters. The molecule has 0 fully saturated rings. The van der Waals surface area contributed by atoms with Gasteiger partial charge in [0.05, 0.1) is 13.2 Å². The van der Waals surface area contributed by atoms with Gasteiger partial charge in [0.25, 0.3) is 0 Å². The smallest absolute Gasteiger partial charge is 0.463 e. The number of phosphoric ester groups is 1. The summed E-state index contributed by atoms with van der Waals surface area (Å²) in [4.78, 5) is 33.3. The molecule has 2 atom stereocenters. The molecule has 0 aliphatic rings. The van der Waals surface area contributed by atoms with Crippen molar-refractivity contribution in [3.05, 3.63) is 60.8 Å². The molecule has 0 aliphatic carbocycles. The van der Waals surface area contributed by atoms with Gasteiger partial charge in [0.15, 0.2) is 0 Å². The second-order valence-electron chi connectivity index (χ2n) is 10.0. The van der Waals surface area contributed by atoms with Gasteiger partial charge < -0.3 is 20.1 Å². The van der Waals surface area contributed by atoms with Gasteiger partial charge in [0, 0.05) is 19.4 Å². The molecule has 0 saturated carbocycles. The minimum absolute atomic E-state index is 0.0709. The van der Waals surface area contributed by atoms with Gasteiger partial charge in [-0.3, -0.25) is 18.6 Å². The number of phosphoric acid groups is 1. The van der Waals surface area contributed by atoms with E-state index in [-0.39, 0.29) is 32.1 Å². The van der Waals surface area contributed by atoms with Gasteiger partial charge >= 0.3 is 13.8 Å². The second kappa shape index (κ2) is 29.8. The van der Waals surface area contributed by atoms with Crippen molar-refractivity contribution in [2.45, 2.75) is 110 Å². The Morgan fingerprint density at radius 1 is 0.744 bits per heavy atom. The topological polar surface area (TPSA) is 131 Å². The van der Waals surface area contributed by atoms with Gasteiger partial charge in [-0.2, -0.15) is 0 Å². The third-order valence-corrected chi connectivity index (χ3v) is 6.95. The van der Waals surface area contributed by atoms with Crippen LogP contribution in [0.5, 0.6) is 0 Å². The van der Waals surface area contributed by atoms with Crippen LogP contribution in [0.15, 0.2) is 60.8 Å². The first-order valence-corrected chi connectivity index (χ1v) is 17.3. The van der Waals surface area contributed by atoms with E-state index in [0.717, 1.165) is 70.6 Å². The fourth-order valence-corrected chi connectivity index (χ4v) is 4.35. The molecule has 1 amide bonds. The Morgan fingerprint density at radius 3 is 1.93 bits per heavy atom. The van der Waals surface area contributed by atoms with Crippen molar-refractivity contribution in [1.29, 1.82) is 0 Å². The summed E-state index contributed by atoms with van der Waals surface area (Å²) in [6, 6.07) is 0. The molecule has 0 radical (unpaired) electrons. The lowest BCUT2D eigenvalue weighted by Gasteiger charge is -2.15. The molecule has 43 heavy (non-hydrogen) atoms. The number of hydrogen-bond donors (Lipinski definition) is 3. The first-order valence-electron chi connectivity index (χ1n) is 15.8. The molecule has 0 rings (SSSR count). The van der Waals surface area contributed by atoms with Gasteiger partial charge in [-0.1, -0.05) is 100 Å². The Bertz CT molecular complexity index is 897. The van der Waals surface area contributed by atoms with Gasteiger partial charge in [-0.15, -0.1) is 0 Å². The number of esters is 1. The molecule has 0 aliphatic heterocycles.